The van der Waals surface area contributed by atoms with E-state index in [0.717, 1.165) is 26.1 Å². The van der Waals surface area contributed by atoms with Crippen LogP contribution in [0.25, 0.3) is 0 Å². The van der Waals surface area contributed by atoms with Gasteiger partial charge in [-0.2, -0.15) is 0 Å². The summed E-state index contributed by atoms with van der Waals surface area (Å²) in [6, 6.07) is 0.134. The van der Waals surface area contributed by atoms with Gasteiger partial charge in [-0.25, -0.2) is 4.98 Å². The lowest BCUT2D eigenvalue weighted by Gasteiger charge is -2.38. The Morgan fingerprint density at radius 2 is 2.50 bits per heavy atom. The minimum Gasteiger partial charge on any atom is -0.351 e. The first kappa shape index (κ1) is 13.6. The Balaban J connectivity index is 1.63. The molecule has 0 spiro atoms. The summed E-state index contributed by atoms with van der Waals surface area (Å²) in [5, 5.41) is 6.65. The Labute approximate surface area is 120 Å². The van der Waals surface area contributed by atoms with Crippen LogP contribution in [0, 0.1) is 11.3 Å². The van der Waals surface area contributed by atoms with E-state index in [0.29, 0.717) is 5.92 Å². The van der Waals surface area contributed by atoms with Gasteiger partial charge in [0.25, 0.3) is 0 Å². The predicted molar refractivity (Wildman–Crippen MR) is 77.1 cm³/mol. The van der Waals surface area contributed by atoms with E-state index in [1.165, 1.54) is 19.3 Å². The fraction of sp³-hybridized carbons (Fsp3) is 0.733. The fourth-order valence-corrected chi connectivity index (χ4v) is 3.81. The van der Waals surface area contributed by atoms with Crippen molar-refractivity contribution >= 4 is 5.91 Å². The molecule has 2 N–H and O–H groups in total. The first-order valence-electron chi connectivity index (χ1n) is 7.68. The van der Waals surface area contributed by atoms with Crippen LogP contribution in [0.5, 0.6) is 0 Å². The van der Waals surface area contributed by atoms with Crippen molar-refractivity contribution in [3.63, 3.8) is 0 Å². The molecule has 1 aliphatic carbocycles. The number of hydrogen-bond acceptors (Lipinski definition) is 3. The van der Waals surface area contributed by atoms with E-state index in [4.69, 9.17) is 0 Å². The number of amides is 1. The predicted octanol–water partition coefficient (Wildman–Crippen LogP) is 1.17. The van der Waals surface area contributed by atoms with E-state index in [9.17, 15) is 4.79 Å². The van der Waals surface area contributed by atoms with E-state index in [1.807, 2.05) is 10.8 Å². The van der Waals surface area contributed by atoms with Crippen molar-refractivity contribution < 1.29 is 4.79 Å². The lowest BCUT2D eigenvalue weighted by molar-refractivity contribution is -0.134. The fourth-order valence-electron chi connectivity index (χ4n) is 3.81. The third-order valence-corrected chi connectivity index (χ3v) is 4.91. The molecule has 1 saturated heterocycles. The number of hydrogen-bond donors (Lipinski definition) is 2. The van der Waals surface area contributed by atoms with Crippen molar-refractivity contribution in [1.82, 2.24) is 20.2 Å². The Morgan fingerprint density at radius 3 is 3.30 bits per heavy atom. The summed E-state index contributed by atoms with van der Waals surface area (Å²) >= 11 is 0. The number of fused-ring (bicyclic) bond motifs is 1. The first-order chi connectivity index (χ1) is 9.71. The lowest BCUT2D eigenvalue weighted by Crippen LogP contribution is -2.50. The third kappa shape index (κ3) is 2.46. The zero-order valence-corrected chi connectivity index (χ0v) is 12.1. The molecule has 1 amide bonds. The highest BCUT2D eigenvalue weighted by Crippen LogP contribution is 2.43. The van der Waals surface area contributed by atoms with Gasteiger partial charge in [-0.1, -0.05) is 12.8 Å². The molecule has 20 heavy (non-hydrogen) atoms. The van der Waals surface area contributed by atoms with E-state index < -0.39 is 0 Å². The first-order valence-corrected chi connectivity index (χ1v) is 7.68. The topological polar surface area (TPSA) is 59.0 Å². The molecule has 5 nitrogen and oxygen atoms in total. The number of aromatic nitrogens is 2. The normalized spacial score (nSPS) is 30.8. The molecule has 3 atom stereocenters. The van der Waals surface area contributed by atoms with Gasteiger partial charge in [0.05, 0.1) is 11.7 Å². The maximum Gasteiger partial charge on any atom is 0.228 e. The summed E-state index contributed by atoms with van der Waals surface area (Å²) in [4.78, 5) is 16.8. The number of rotatable bonds is 4. The number of carbonyl (C=O) groups is 1. The molecular formula is C15H24N4O. The molecular weight excluding hydrogens is 252 g/mol. The number of nitrogens with zero attached hydrogens (tertiary/aromatic N) is 2. The largest absolute Gasteiger partial charge is 0.351 e. The summed E-state index contributed by atoms with van der Waals surface area (Å²) in [6.45, 7) is 4.69. The van der Waals surface area contributed by atoms with Crippen LogP contribution in [0.4, 0.5) is 0 Å². The summed E-state index contributed by atoms with van der Waals surface area (Å²) in [7, 11) is 0. The van der Waals surface area contributed by atoms with E-state index in [2.05, 4.69) is 22.5 Å². The molecule has 110 valence electrons. The molecule has 5 heteroatoms. The van der Waals surface area contributed by atoms with Gasteiger partial charge in [0, 0.05) is 31.5 Å². The molecule has 1 aromatic heterocycles. The third-order valence-electron chi connectivity index (χ3n) is 4.91. The van der Waals surface area contributed by atoms with Gasteiger partial charge in [0.1, 0.15) is 0 Å². The molecule has 0 radical (unpaired) electrons. The molecule has 2 fully saturated rings. The Kier molecular flexibility index (Phi) is 3.78. The summed E-state index contributed by atoms with van der Waals surface area (Å²) < 4.78 is 2.01. The summed E-state index contributed by atoms with van der Waals surface area (Å²) in [5.41, 5.74) is -0.151. The van der Waals surface area contributed by atoms with Gasteiger partial charge >= 0.3 is 0 Å². The number of imidazole rings is 1. The van der Waals surface area contributed by atoms with Gasteiger partial charge in [0.15, 0.2) is 0 Å². The van der Waals surface area contributed by atoms with Crippen LogP contribution in [0.3, 0.4) is 0 Å². The van der Waals surface area contributed by atoms with Crippen molar-refractivity contribution in [2.24, 2.45) is 11.3 Å². The maximum atomic E-state index is 12.8. The maximum absolute atomic E-state index is 12.8. The van der Waals surface area contributed by atoms with Crippen molar-refractivity contribution in [1.29, 1.82) is 0 Å². The van der Waals surface area contributed by atoms with Crippen molar-refractivity contribution in [2.45, 2.75) is 45.2 Å². The Hall–Kier alpha value is -1.36. The van der Waals surface area contributed by atoms with Crippen LogP contribution in [-0.4, -0.2) is 34.6 Å². The van der Waals surface area contributed by atoms with Gasteiger partial charge in [-0.15, -0.1) is 0 Å². The Morgan fingerprint density at radius 1 is 1.60 bits per heavy atom. The smallest absolute Gasteiger partial charge is 0.228 e. The molecule has 1 aromatic rings. The molecule has 0 bridgehead atoms. The molecule has 1 saturated carbocycles. The second-order valence-electron chi connectivity index (χ2n) is 6.36. The lowest BCUT2D eigenvalue weighted by atomic mass is 9.67. The molecule has 3 rings (SSSR count). The SMILES string of the molecule is CC(Cn1ccnc1)NC(=O)[C@@]12CCCC[C@H]1CNC2. The molecule has 1 unspecified atom stereocenters. The number of nitrogens with one attached hydrogen (secondary N) is 2. The summed E-state index contributed by atoms with van der Waals surface area (Å²) in [5.74, 6) is 0.775. The van der Waals surface area contributed by atoms with Crippen LogP contribution >= 0.6 is 0 Å². The van der Waals surface area contributed by atoms with Crippen LogP contribution in [0.15, 0.2) is 18.7 Å². The van der Waals surface area contributed by atoms with E-state index in [1.54, 1.807) is 12.5 Å². The highest BCUT2D eigenvalue weighted by atomic mass is 16.2. The number of carbonyl (C=O) groups excluding carboxylic acids is 1. The van der Waals surface area contributed by atoms with E-state index in [-0.39, 0.29) is 17.4 Å². The Bertz CT molecular complexity index is 458. The zero-order chi connectivity index (χ0) is 14.0. The average molecular weight is 276 g/mol. The molecule has 2 aliphatic rings. The van der Waals surface area contributed by atoms with Gasteiger partial charge in [-0.05, 0) is 32.2 Å². The van der Waals surface area contributed by atoms with Crippen LogP contribution in [0.1, 0.15) is 32.6 Å². The monoisotopic (exact) mass is 276 g/mol. The van der Waals surface area contributed by atoms with Crippen LogP contribution < -0.4 is 10.6 Å². The highest BCUT2D eigenvalue weighted by Gasteiger charge is 2.49. The quantitative estimate of drug-likeness (QED) is 0.868. The second kappa shape index (κ2) is 5.56. The van der Waals surface area contributed by atoms with Crippen LogP contribution in [-0.2, 0) is 11.3 Å². The van der Waals surface area contributed by atoms with Crippen molar-refractivity contribution in [2.75, 3.05) is 13.1 Å². The van der Waals surface area contributed by atoms with Crippen LogP contribution in [0.2, 0.25) is 0 Å². The minimum atomic E-state index is -0.151. The average Bonchev–Trinajstić information content (AvgIpc) is 3.07. The summed E-state index contributed by atoms with van der Waals surface area (Å²) in [6.07, 6.45) is 10.2. The zero-order valence-electron chi connectivity index (χ0n) is 12.1. The molecule has 2 heterocycles. The van der Waals surface area contributed by atoms with Gasteiger partial charge in [-0.3, -0.25) is 4.79 Å². The van der Waals surface area contributed by atoms with Gasteiger partial charge < -0.3 is 15.2 Å². The van der Waals surface area contributed by atoms with E-state index >= 15 is 0 Å². The second-order valence-corrected chi connectivity index (χ2v) is 6.36. The molecule has 1 aliphatic heterocycles. The van der Waals surface area contributed by atoms with Gasteiger partial charge in [0.2, 0.25) is 5.91 Å². The highest BCUT2D eigenvalue weighted by molar-refractivity contribution is 5.84. The van der Waals surface area contributed by atoms with Crippen molar-refractivity contribution in [3.8, 4) is 0 Å². The minimum absolute atomic E-state index is 0.134. The molecule has 0 aromatic carbocycles. The van der Waals surface area contributed by atoms with Crippen molar-refractivity contribution in [3.05, 3.63) is 18.7 Å². The standard InChI is InChI=1S/C15H24N4O/c1-12(9-19-7-6-16-11-19)18-14(20)15-5-3-2-4-13(15)8-17-10-15/h6-7,11-13,17H,2-5,8-10H2,1H3,(H,18,20)/t12?,13-,15+/m0/s1.